The molecule has 5 nitrogen and oxygen atoms in total. The van der Waals surface area contributed by atoms with Crippen molar-refractivity contribution in [3.05, 3.63) is 57.9 Å². The van der Waals surface area contributed by atoms with Crippen molar-refractivity contribution in [1.29, 1.82) is 0 Å². The van der Waals surface area contributed by atoms with E-state index in [0.717, 1.165) is 12.1 Å². The molecule has 0 bridgehead atoms. The normalized spacial score (nSPS) is 10.3. The standard InChI is InChI=1S/C12H8F3N3O2/c13-6-3-8(14)12(15)10(4-6)17-7-1-2-11(18(19)20)9(16)5-7/h1-5,17H,16H2. The molecule has 0 aliphatic heterocycles. The van der Waals surface area contributed by atoms with Gasteiger partial charge in [-0.05, 0) is 12.1 Å². The lowest BCUT2D eigenvalue weighted by molar-refractivity contribution is -0.383. The highest BCUT2D eigenvalue weighted by atomic mass is 19.2. The Bertz CT molecular complexity index is 692. The molecule has 0 radical (unpaired) electrons. The predicted octanol–water partition coefficient (Wildman–Crippen LogP) is 3.34. The molecule has 0 fully saturated rings. The fourth-order valence-electron chi connectivity index (χ4n) is 1.60. The summed E-state index contributed by atoms with van der Waals surface area (Å²) in [5.41, 5.74) is 4.71. The van der Waals surface area contributed by atoms with Crippen molar-refractivity contribution in [2.24, 2.45) is 0 Å². The van der Waals surface area contributed by atoms with Gasteiger partial charge in [-0.2, -0.15) is 0 Å². The van der Waals surface area contributed by atoms with Crippen molar-refractivity contribution in [1.82, 2.24) is 0 Å². The van der Waals surface area contributed by atoms with Crippen molar-refractivity contribution in [2.45, 2.75) is 0 Å². The van der Waals surface area contributed by atoms with E-state index in [9.17, 15) is 23.3 Å². The second-order valence-corrected chi connectivity index (χ2v) is 3.90. The molecule has 104 valence electrons. The summed E-state index contributed by atoms with van der Waals surface area (Å²) >= 11 is 0. The van der Waals surface area contributed by atoms with Gasteiger partial charge in [0.1, 0.15) is 11.5 Å². The van der Waals surface area contributed by atoms with E-state index >= 15 is 0 Å². The Hall–Kier alpha value is -2.77. The lowest BCUT2D eigenvalue weighted by Gasteiger charge is -2.09. The van der Waals surface area contributed by atoms with Crippen LogP contribution >= 0.6 is 0 Å². The molecule has 0 unspecified atom stereocenters. The van der Waals surface area contributed by atoms with E-state index in [1.807, 2.05) is 0 Å². The van der Waals surface area contributed by atoms with Crippen LogP contribution in [0.3, 0.4) is 0 Å². The first-order valence-corrected chi connectivity index (χ1v) is 5.34. The molecule has 0 aliphatic carbocycles. The Labute approximate surface area is 111 Å². The molecule has 2 aromatic rings. The van der Waals surface area contributed by atoms with Gasteiger partial charge in [-0.3, -0.25) is 10.1 Å². The van der Waals surface area contributed by atoms with Crippen LogP contribution in [0.2, 0.25) is 0 Å². The smallest absolute Gasteiger partial charge is 0.292 e. The van der Waals surface area contributed by atoms with Crippen LogP contribution in [0.25, 0.3) is 0 Å². The van der Waals surface area contributed by atoms with Crippen LogP contribution in [-0.2, 0) is 0 Å². The Balaban J connectivity index is 2.36. The minimum Gasteiger partial charge on any atom is -0.393 e. The molecule has 3 N–H and O–H groups in total. The van der Waals surface area contributed by atoms with E-state index < -0.39 is 28.1 Å². The quantitative estimate of drug-likeness (QED) is 0.392. The lowest BCUT2D eigenvalue weighted by atomic mass is 10.2. The zero-order chi connectivity index (χ0) is 14.9. The summed E-state index contributed by atoms with van der Waals surface area (Å²) in [7, 11) is 0. The Kier molecular flexibility index (Phi) is 3.47. The van der Waals surface area contributed by atoms with Crippen LogP contribution in [0, 0.1) is 27.6 Å². The van der Waals surface area contributed by atoms with Crippen LogP contribution in [0.4, 0.5) is 35.9 Å². The summed E-state index contributed by atoms with van der Waals surface area (Å²) < 4.78 is 39.5. The van der Waals surface area contributed by atoms with E-state index in [1.165, 1.54) is 12.1 Å². The number of hydrogen-bond acceptors (Lipinski definition) is 4. The molecule has 0 aliphatic rings. The number of nitrogens with two attached hydrogens (primary N) is 1. The first-order chi connectivity index (χ1) is 9.38. The number of benzene rings is 2. The number of anilines is 3. The summed E-state index contributed by atoms with van der Waals surface area (Å²) in [6, 6.07) is 4.68. The number of nitrogen functional groups attached to an aromatic ring is 1. The number of nitrogens with one attached hydrogen (secondary N) is 1. The Morgan fingerprint density at radius 1 is 1.15 bits per heavy atom. The van der Waals surface area contributed by atoms with Crippen LogP contribution in [0.1, 0.15) is 0 Å². The molecule has 0 atom stereocenters. The van der Waals surface area contributed by atoms with Gasteiger partial charge in [-0.25, -0.2) is 13.2 Å². The molecule has 2 rings (SSSR count). The molecule has 0 saturated carbocycles. The van der Waals surface area contributed by atoms with E-state index in [-0.39, 0.29) is 17.1 Å². The maximum absolute atomic E-state index is 13.4. The van der Waals surface area contributed by atoms with Gasteiger partial charge in [0.15, 0.2) is 11.6 Å². The van der Waals surface area contributed by atoms with Crippen molar-refractivity contribution >= 4 is 22.7 Å². The third-order valence-corrected chi connectivity index (χ3v) is 2.50. The fourth-order valence-corrected chi connectivity index (χ4v) is 1.60. The molecular formula is C12H8F3N3O2. The van der Waals surface area contributed by atoms with Crippen molar-refractivity contribution in [3.63, 3.8) is 0 Å². The molecule has 0 amide bonds. The molecule has 0 heterocycles. The van der Waals surface area contributed by atoms with Crippen molar-refractivity contribution < 1.29 is 18.1 Å². The minimum atomic E-state index is -1.35. The van der Waals surface area contributed by atoms with Crippen LogP contribution in [-0.4, -0.2) is 4.92 Å². The zero-order valence-electron chi connectivity index (χ0n) is 9.86. The van der Waals surface area contributed by atoms with E-state index in [1.54, 1.807) is 0 Å². The molecule has 0 aromatic heterocycles. The summed E-state index contributed by atoms with van der Waals surface area (Å²) in [6.45, 7) is 0. The summed E-state index contributed by atoms with van der Waals surface area (Å²) in [4.78, 5) is 9.90. The molecule has 2 aromatic carbocycles. The van der Waals surface area contributed by atoms with Crippen molar-refractivity contribution in [2.75, 3.05) is 11.1 Å². The molecule has 20 heavy (non-hydrogen) atoms. The van der Waals surface area contributed by atoms with Gasteiger partial charge in [-0.1, -0.05) is 0 Å². The highest BCUT2D eigenvalue weighted by Crippen LogP contribution is 2.28. The number of halogens is 3. The highest BCUT2D eigenvalue weighted by Gasteiger charge is 2.14. The van der Waals surface area contributed by atoms with Gasteiger partial charge in [0.25, 0.3) is 5.69 Å². The Morgan fingerprint density at radius 2 is 1.85 bits per heavy atom. The summed E-state index contributed by atoms with van der Waals surface area (Å²) in [5, 5.41) is 13.0. The topological polar surface area (TPSA) is 81.2 Å². The maximum Gasteiger partial charge on any atom is 0.292 e. The number of nitro benzene ring substituents is 1. The molecule has 8 heteroatoms. The summed E-state index contributed by atoms with van der Waals surface area (Å²) in [5.74, 6) is -3.56. The van der Waals surface area contributed by atoms with Crippen LogP contribution in [0.15, 0.2) is 30.3 Å². The summed E-state index contributed by atoms with van der Waals surface area (Å²) in [6.07, 6.45) is 0. The van der Waals surface area contributed by atoms with Gasteiger partial charge in [-0.15, -0.1) is 0 Å². The van der Waals surface area contributed by atoms with Gasteiger partial charge in [0, 0.05) is 23.9 Å². The minimum absolute atomic E-state index is 0.155. The lowest BCUT2D eigenvalue weighted by Crippen LogP contribution is -2.00. The maximum atomic E-state index is 13.4. The molecular weight excluding hydrogens is 275 g/mol. The van der Waals surface area contributed by atoms with Gasteiger partial charge >= 0.3 is 0 Å². The third kappa shape index (κ3) is 2.63. The number of nitrogens with zero attached hydrogens (tertiary/aromatic N) is 1. The number of nitro groups is 1. The van der Waals surface area contributed by atoms with Gasteiger partial charge < -0.3 is 11.1 Å². The van der Waals surface area contributed by atoms with Crippen molar-refractivity contribution in [3.8, 4) is 0 Å². The van der Waals surface area contributed by atoms with E-state index in [2.05, 4.69) is 5.32 Å². The number of hydrogen-bond donors (Lipinski definition) is 2. The first kappa shape index (κ1) is 13.7. The second-order valence-electron chi connectivity index (χ2n) is 3.90. The predicted molar refractivity (Wildman–Crippen MR) is 67.1 cm³/mol. The van der Waals surface area contributed by atoms with E-state index in [0.29, 0.717) is 6.07 Å². The Morgan fingerprint density at radius 3 is 2.45 bits per heavy atom. The largest absolute Gasteiger partial charge is 0.393 e. The average molecular weight is 283 g/mol. The number of rotatable bonds is 3. The van der Waals surface area contributed by atoms with Gasteiger partial charge in [0.05, 0.1) is 10.6 Å². The molecule has 0 saturated heterocycles. The fraction of sp³-hybridized carbons (Fsp3) is 0. The van der Waals surface area contributed by atoms with Crippen LogP contribution < -0.4 is 11.1 Å². The van der Waals surface area contributed by atoms with Crippen LogP contribution in [0.5, 0.6) is 0 Å². The highest BCUT2D eigenvalue weighted by molar-refractivity contribution is 5.70. The SMILES string of the molecule is Nc1cc(Nc2cc(F)cc(F)c2F)ccc1[N+](=O)[O-]. The van der Waals surface area contributed by atoms with E-state index in [4.69, 9.17) is 5.73 Å². The zero-order valence-corrected chi connectivity index (χ0v) is 9.86. The first-order valence-electron chi connectivity index (χ1n) is 5.34. The van der Waals surface area contributed by atoms with Gasteiger partial charge in [0.2, 0.25) is 0 Å². The third-order valence-electron chi connectivity index (χ3n) is 2.50. The monoisotopic (exact) mass is 283 g/mol. The molecule has 0 spiro atoms. The average Bonchev–Trinajstić information content (AvgIpc) is 2.35. The second kappa shape index (κ2) is 5.08.